The van der Waals surface area contributed by atoms with E-state index in [0.717, 1.165) is 36.8 Å². The van der Waals surface area contributed by atoms with Crippen molar-refractivity contribution in [3.63, 3.8) is 0 Å². The predicted molar refractivity (Wildman–Crippen MR) is 70.0 cm³/mol. The van der Waals surface area contributed by atoms with Crippen molar-refractivity contribution in [1.82, 2.24) is 0 Å². The first kappa shape index (κ1) is 16.4. The molecule has 0 aliphatic heterocycles. The zero-order valence-electron chi connectivity index (χ0n) is 11.6. The molecule has 0 saturated carbocycles. The molecule has 0 aliphatic carbocycles. The van der Waals surface area contributed by atoms with Gasteiger partial charge < -0.3 is 9.47 Å². The van der Waals surface area contributed by atoms with Gasteiger partial charge in [-0.3, -0.25) is 0 Å². The summed E-state index contributed by atoms with van der Waals surface area (Å²) in [5, 5.41) is 0. The number of carbonyl (C=O) groups is 2. The van der Waals surface area contributed by atoms with Crippen LogP contribution < -0.4 is 0 Å². The van der Waals surface area contributed by atoms with Crippen LogP contribution >= 0.6 is 0 Å². The number of hydrogen-bond donors (Lipinski definition) is 0. The second kappa shape index (κ2) is 9.45. The Kier molecular flexibility index (Phi) is 8.62. The van der Waals surface area contributed by atoms with E-state index in [2.05, 4.69) is 9.47 Å². The van der Waals surface area contributed by atoms with E-state index in [9.17, 15) is 9.59 Å². The summed E-state index contributed by atoms with van der Waals surface area (Å²) in [5.41, 5.74) is 1.69. The van der Waals surface area contributed by atoms with Crippen LogP contribution in [0.2, 0.25) is 0 Å². The fourth-order valence-corrected chi connectivity index (χ4v) is 1.59. The van der Waals surface area contributed by atoms with Gasteiger partial charge in [0.05, 0.1) is 14.2 Å². The van der Waals surface area contributed by atoms with Gasteiger partial charge in [-0.1, -0.05) is 26.7 Å². The number of hydrogen-bond acceptors (Lipinski definition) is 4. The molecule has 4 heteroatoms. The third kappa shape index (κ3) is 6.23. The van der Waals surface area contributed by atoms with Crippen molar-refractivity contribution in [3.05, 3.63) is 23.3 Å². The first-order chi connectivity index (χ1) is 8.58. The van der Waals surface area contributed by atoms with Crippen LogP contribution in [0.4, 0.5) is 0 Å². The zero-order chi connectivity index (χ0) is 14.0. The molecule has 0 unspecified atom stereocenters. The molecule has 0 bridgehead atoms. The van der Waals surface area contributed by atoms with Gasteiger partial charge in [0, 0.05) is 12.2 Å². The molecular formula is C14H22O4. The largest absolute Gasteiger partial charge is 0.466 e. The van der Waals surface area contributed by atoms with Crippen LogP contribution in [-0.4, -0.2) is 26.2 Å². The van der Waals surface area contributed by atoms with Crippen molar-refractivity contribution < 1.29 is 19.1 Å². The highest BCUT2D eigenvalue weighted by Gasteiger charge is 2.09. The second-order valence-corrected chi connectivity index (χ2v) is 3.89. The van der Waals surface area contributed by atoms with Crippen LogP contribution in [0.5, 0.6) is 0 Å². The highest BCUT2D eigenvalue weighted by molar-refractivity contribution is 5.86. The Morgan fingerprint density at radius 1 is 0.833 bits per heavy atom. The van der Waals surface area contributed by atoms with Crippen LogP contribution in [0.25, 0.3) is 0 Å². The molecule has 0 heterocycles. The average Bonchev–Trinajstić information content (AvgIpc) is 2.37. The van der Waals surface area contributed by atoms with Gasteiger partial charge in [0.2, 0.25) is 0 Å². The normalized spacial score (nSPS) is 12.2. The highest BCUT2D eigenvalue weighted by atomic mass is 16.5. The minimum absolute atomic E-state index is 0.398. The number of esters is 2. The first-order valence-corrected chi connectivity index (χ1v) is 6.16. The molecule has 0 fully saturated rings. The summed E-state index contributed by atoms with van der Waals surface area (Å²) < 4.78 is 9.26. The Balaban J connectivity index is 5.22. The van der Waals surface area contributed by atoms with Gasteiger partial charge in [0.15, 0.2) is 0 Å². The summed E-state index contributed by atoms with van der Waals surface area (Å²) in [6.45, 7) is 4.04. The van der Waals surface area contributed by atoms with Gasteiger partial charge in [-0.25, -0.2) is 9.59 Å². The van der Waals surface area contributed by atoms with Crippen LogP contribution in [0.3, 0.4) is 0 Å². The third-order valence-electron chi connectivity index (χ3n) is 2.44. The molecule has 0 aromatic heterocycles. The maximum atomic E-state index is 11.3. The maximum absolute atomic E-state index is 11.3. The standard InChI is InChI=1S/C14H22O4/c1-5-7-11(9-13(15)17-3)12(8-6-2)10-14(16)18-4/h9-10H,5-8H2,1-4H3/b11-9+,12-10+. The quantitative estimate of drug-likeness (QED) is 0.398. The van der Waals surface area contributed by atoms with Crippen molar-refractivity contribution in [3.8, 4) is 0 Å². The summed E-state index contributed by atoms with van der Waals surface area (Å²) in [6, 6.07) is 0. The molecule has 102 valence electrons. The van der Waals surface area contributed by atoms with Crippen molar-refractivity contribution >= 4 is 11.9 Å². The Labute approximate surface area is 109 Å². The van der Waals surface area contributed by atoms with Crippen LogP contribution in [0.15, 0.2) is 23.3 Å². The summed E-state index contributed by atoms with van der Waals surface area (Å²) >= 11 is 0. The lowest BCUT2D eigenvalue weighted by atomic mass is 9.96. The Bertz CT molecular complexity index is 306. The minimum atomic E-state index is -0.398. The molecular weight excluding hydrogens is 232 g/mol. The van der Waals surface area contributed by atoms with Crippen molar-refractivity contribution in [1.29, 1.82) is 0 Å². The van der Waals surface area contributed by atoms with E-state index in [1.165, 1.54) is 26.4 Å². The minimum Gasteiger partial charge on any atom is -0.466 e. The van der Waals surface area contributed by atoms with Crippen LogP contribution in [0, 0.1) is 0 Å². The SMILES string of the molecule is CCCC(=C\C(=O)OC)/C(=C/C(=O)OC)CCC. The molecule has 0 atom stereocenters. The monoisotopic (exact) mass is 254 g/mol. The number of carbonyl (C=O) groups excluding carboxylic acids is 2. The lowest BCUT2D eigenvalue weighted by Gasteiger charge is -2.10. The summed E-state index contributed by atoms with van der Waals surface area (Å²) in [7, 11) is 2.68. The number of ether oxygens (including phenoxy) is 2. The molecule has 0 N–H and O–H groups in total. The Morgan fingerprint density at radius 2 is 1.17 bits per heavy atom. The molecule has 0 rings (SSSR count). The highest BCUT2D eigenvalue weighted by Crippen LogP contribution is 2.21. The van der Waals surface area contributed by atoms with Gasteiger partial charge >= 0.3 is 11.9 Å². The van der Waals surface area contributed by atoms with Crippen molar-refractivity contribution in [2.24, 2.45) is 0 Å². The summed E-state index contributed by atoms with van der Waals surface area (Å²) in [6.07, 6.45) is 6.16. The van der Waals surface area contributed by atoms with Crippen LogP contribution in [0.1, 0.15) is 39.5 Å². The fourth-order valence-electron chi connectivity index (χ4n) is 1.59. The lowest BCUT2D eigenvalue weighted by Crippen LogP contribution is -2.03. The maximum Gasteiger partial charge on any atom is 0.330 e. The molecule has 0 saturated heterocycles. The number of allylic oxidation sites excluding steroid dienone is 2. The second-order valence-electron chi connectivity index (χ2n) is 3.89. The predicted octanol–water partition coefficient (Wildman–Crippen LogP) is 2.79. The van der Waals surface area contributed by atoms with Crippen molar-refractivity contribution in [2.45, 2.75) is 39.5 Å². The van der Waals surface area contributed by atoms with E-state index in [4.69, 9.17) is 0 Å². The average molecular weight is 254 g/mol. The summed E-state index contributed by atoms with van der Waals surface area (Å²) in [5.74, 6) is -0.796. The molecule has 0 radical (unpaired) electrons. The molecule has 0 aliphatic rings. The summed E-state index contributed by atoms with van der Waals surface area (Å²) in [4.78, 5) is 22.6. The van der Waals surface area contributed by atoms with E-state index in [-0.39, 0.29) is 0 Å². The number of methoxy groups -OCH3 is 2. The van der Waals surface area contributed by atoms with Crippen molar-refractivity contribution in [2.75, 3.05) is 14.2 Å². The van der Waals surface area contributed by atoms with Crippen LogP contribution in [-0.2, 0) is 19.1 Å². The molecule has 0 aromatic carbocycles. The first-order valence-electron chi connectivity index (χ1n) is 6.16. The Morgan fingerprint density at radius 3 is 1.39 bits per heavy atom. The smallest absolute Gasteiger partial charge is 0.330 e. The van der Waals surface area contributed by atoms with E-state index in [1.807, 2.05) is 13.8 Å². The molecule has 0 spiro atoms. The van der Waals surface area contributed by atoms with Gasteiger partial charge in [-0.05, 0) is 24.0 Å². The van der Waals surface area contributed by atoms with Gasteiger partial charge in [-0.2, -0.15) is 0 Å². The molecule has 0 aromatic rings. The van der Waals surface area contributed by atoms with Gasteiger partial charge in [0.1, 0.15) is 0 Å². The Hall–Kier alpha value is -1.58. The fraction of sp³-hybridized carbons (Fsp3) is 0.571. The van der Waals surface area contributed by atoms with E-state index >= 15 is 0 Å². The van der Waals surface area contributed by atoms with E-state index < -0.39 is 11.9 Å². The molecule has 4 nitrogen and oxygen atoms in total. The number of rotatable bonds is 7. The van der Waals surface area contributed by atoms with Gasteiger partial charge in [0.25, 0.3) is 0 Å². The van der Waals surface area contributed by atoms with E-state index in [1.54, 1.807) is 0 Å². The van der Waals surface area contributed by atoms with E-state index in [0.29, 0.717) is 0 Å². The molecule has 18 heavy (non-hydrogen) atoms. The van der Waals surface area contributed by atoms with Gasteiger partial charge in [-0.15, -0.1) is 0 Å². The third-order valence-corrected chi connectivity index (χ3v) is 2.44. The molecule has 0 amide bonds. The lowest BCUT2D eigenvalue weighted by molar-refractivity contribution is -0.135. The zero-order valence-corrected chi connectivity index (χ0v) is 11.6. The topological polar surface area (TPSA) is 52.6 Å².